The summed E-state index contributed by atoms with van der Waals surface area (Å²) in [5, 5.41) is 2.61. The van der Waals surface area contributed by atoms with Crippen LogP contribution in [-0.4, -0.2) is 29.9 Å². The van der Waals surface area contributed by atoms with Crippen LogP contribution in [0, 0.1) is 11.6 Å². The fraction of sp³-hybridized carbons (Fsp3) is 0.533. The number of hydrogen-bond donors (Lipinski definition) is 1. The minimum absolute atomic E-state index is 0.184. The van der Waals surface area contributed by atoms with E-state index in [0.29, 0.717) is 18.3 Å². The zero-order valence-electron chi connectivity index (χ0n) is 11.7. The highest BCUT2D eigenvalue weighted by molar-refractivity contribution is 5.92. The van der Waals surface area contributed by atoms with Crippen molar-refractivity contribution >= 4 is 11.6 Å². The number of anilines is 1. The van der Waals surface area contributed by atoms with E-state index in [1.54, 1.807) is 0 Å². The van der Waals surface area contributed by atoms with Gasteiger partial charge >= 0.3 is 0 Å². The molecular weight excluding hydrogens is 262 g/mol. The fourth-order valence-corrected chi connectivity index (χ4v) is 2.69. The predicted octanol–water partition coefficient (Wildman–Crippen LogP) is 3.17. The van der Waals surface area contributed by atoms with Gasteiger partial charge in [0.15, 0.2) is 11.6 Å². The van der Waals surface area contributed by atoms with Crippen LogP contribution in [0.25, 0.3) is 0 Å². The van der Waals surface area contributed by atoms with E-state index >= 15 is 0 Å². The Kier molecular flexibility index (Phi) is 5.06. The van der Waals surface area contributed by atoms with Gasteiger partial charge in [-0.15, -0.1) is 0 Å². The molecule has 0 spiro atoms. The van der Waals surface area contributed by atoms with Crippen molar-refractivity contribution in [2.75, 3.05) is 18.4 Å². The van der Waals surface area contributed by atoms with Gasteiger partial charge in [-0.3, -0.25) is 9.69 Å². The molecular formula is C15H20F2N2O. The summed E-state index contributed by atoms with van der Waals surface area (Å²) in [5.74, 6) is -2.05. The van der Waals surface area contributed by atoms with Gasteiger partial charge in [-0.1, -0.05) is 13.3 Å². The largest absolute Gasteiger partial charge is 0.325 e. The Hall–Kier alpha value is -1.49. The Morgan fingerprint density at radius 3 is 2.85 bits per heavy atom. The minimum Gasteiger partial charge on any atom is -0.325 e. The third-order valence-corrected chi connectivity index (χ3v) is 3.77. The number of piperidine rings is 1. The van der Waals surface area contributed by atoms with Crippen molar-refractivity contribution in [3.05, 3.63) is 29.8 Å². The highest BCUT2D eigenvalue weighted by atomic mass is 19.2. The van der Waals surface area contributed by atoms with Crippen LogP contribution in [0.3, 0.4) is 0 Å². The molecule has 1 fully saturated rings. The summed E-state index contributed by atoms with van der Waals surface area (Å²) in [5.41, 5.74) is 0.291. The number of carbonyl (C=O) groups excluding carboxylic acids is 1. The molecule has 1 atom stereocenters. The molecule has 1 amide bonds. The van der Waals surface area contributed by atoms with E-state index < -0.39 is 11.6 Å². The van der Waals surface area contributed by atoms with Crippen LogP contribution in [0.4, 0.5) is 14.5 Å². The van der Waals surface area contributed by atoms with Gasteiger partial charge in [0.25, 0.3) is 0 Å². The van der Waals surface area contributed by atoms with Gasteiger partial charge < -0.3 is 5.32 Å². The number of hydrogen-bond acceptors (Lipinski definition) is 2. The number of amides is 1. The van der Waals surface area contributed by atoms with Crippen LogP contribution >= 0.6 is 0 Å². The summed E-state index contributed by atoms with van der Waals surface area (Å²) in [6.07, 6.45) is 4.46. The van der Waals surface area contributed by atoms with Gasteiger partial charge in [-0.05, 0) is 37.9 Å². The Balaban J connectivity index is 1.92. The quantitative estimate of drug-likeness (QED) is 0.920. The first-order chi connectivity index (χ1) is 9.60. The number of nitrogens with zero attached hydrogens (tertiary/aromatic N) is 1. The van der Waals surface area contributed by atoms with E-state index in [-0.39, 0.29) is 5.91 Å². The van der Waals surface area contributed by atoms with Crippen LogP contribution in [0.1, 0.15) is 32.6 Å². The SMILES string of the molecule is CCC1CCCCN1CC(=O)Nc1ccc(F)c(F)c1. The lowest BCUT2D eigenvalue weighted by Gasteiger charge is -2.34. The van der Waals surface area contributed by atoms with Gasteiger partial charge in [0.1, 0.15) is 0 Å². The second-order valence-corrected chi connectivity index (χ2v) is 5.21. The minimum atomic E-state index is -0.952. The maximum absolute atomic E-state index is 13.1. The Bertz CT molecular complexity index is 479. The van der Waals surface area contributed by atoms with Crippen LogP contribution in [0.5, 0.6) is 0 Å². The average molecular weight is 282 g/mol. The average Bonchev–Trinajstić information content (AvgIpc) is 2.43. The molecule has 1 aromatic rings. The second kappa shape index (κ2) is 6.79. The second-order valence-electron chi connectivity index (χ2n) is 5.21. The number of likely N-dealkylation sites (tertiary alicyclic amines) is 1. The molecule has 2 rings (SSSR count). The molecule has 1 aliphatic heterocycles. The van der Waals surface area contributed by atoms with Crippen molar-refractivity contribution in [3.8, 4) is 0 Å². The maximum atomic E-state index is 13.1. The number of nitrogens with one attached hydrogen (secondary N) is 1. The van der Waals surface area contributed by atoms with Gasteiger partial charge in [-0.25, -0.2) is 8.78 Å². The summed E-state index contributed by atoms with van der Waals surface area (Å²) in [4.78, 5) is 14.1. The number of carbonyl (C=O) groups is 1. The molecule has 0 aliphatic carbocycles. The van der Waals surface area contributed by atoms with E-state index in [1.165, 1.54) is 12.5 Å². The zero-order chi connectivity index (χ0) is 14.5. The molecule has 0 bridgehead atoms. The van der Waals surface area contributed by atoms with E-state index in [0.717, 1.165) is 37.9 Å². The molecule has 0 saturated carbocycles. The summed E-state index contributed by atoms with van der Waals surface area (Å²) in [7, 11) is 0. The van der Waals surface area contributed by atoms with E-state index in [1.807, 2.05) is 0 Å². The smallest absolute Gasteiger partial charge is 0.238 e. The molecule has 1 aromatic carbocycles. The third-order valence-electron chi connectivity index (χ3n) is 3.77. The summed E-state index contributed by atoms with van der Waals surface area (Å²) in [6.45, 7) is 3.34. The molecule has 1 heterocycles. The number of benzene rings is 1. The standard InChI is InChI=1S/C15H20F2N2O/c1-2-12-5-3-4-8-19(12)10-15(20)18-11-6-7-13(16)14(17)9-11/h6-7,9,12H,2-5,8,10H2,1H3,(H,18,20). The molecule has 20 heavy (non-hydrogen) atoms. The van der Waals surface area contributed by atoms with E-state index in [4.69, 9.17) is 0 Å². The Morgan fingerprint density at radius 2 is 2.15 bits per heavy atom. The van der Waals surface area contributed by atoms with Gasteiger partial charge in [0.05, 0.1) is 6.54 Å². The zero-order valence-corrected chi connectivity index (χ0v) is 11.7. The van der Waals surface area contributed by atoms with Crippen molar-refractivity contribution in [1.82, 2.24) is 4.90 Å². The first-order valence-corrected chi connectivity index (χ1v) is 7.09. The van der Waals surface area contributed by atoms with Gasteiger partial charge in [-0.2, -0.15) is 0 Å². The molecule has 0 radical (unpaired) electrons. The van der Waals surface area contributed by atoms with Crippen molar-refractivity contribution in [2.45, 2.75) is 38.6 Å². The molecule has 0 aromatic heterocycles. The molecule has 1 unspecified atom stereocenters. The van der Waals surface area contributed by atoms with Crippen molar-refractivity contribution in [3.63, 3.8) is 0 Å². The van der Waals surface area contributed by atoms with E-state index in [2.05, 4.69) is 17.1 Å². The first-order valence-electron chi connectivity index (χ1n) is 7.09. The lowest BCUT2D eigenvalue weighted by atomic mass is 10.00. The number of rotatable bonds is 4. The highest BCUT2D eigenvalue weighted by Crippen LogP contribution is 2.19. The molecule has 110 valence electrons. The molecule has 5 heteroatoms. The summed E-state index contributed by atoms with van der Waals surface area (Å²) >= 11 is 0. The lowest BCUT2D eigenvalue weighted by Crippen LogP contribution is -2.43. The summed E-state index contributed by atoms with van der Waals surface area (Å²) in [6, 6.07) is 3.82. The Labute approximate surface area is 118 Å². The van der Waals surface area contributed by atoms with E-state index in [9.17, 15) is 13.6 Å². The third kappa shape index (κ3) is 3.76. The highest BCUT2D eigenvalue weighted by Gasteiger charge is 2.22. The topological polar surface area (TPSA) is 32.3 Å². The number of halogens is 2. The predicted molar refractivity (Wildman–Crippen MR) is 74.5 cm³/mol. The van der Waals surface area contributed by atoms with Crippen LogP contribution < -0.4 is 5.32 Å². The fourth-order valence-electron chi connectivity index (χ4n) is 2.69. The van der Waals surface area contributed by atoms with Crippen molar-refractivity contribution in [1.29, 1.82) is 0 Å². The molecule has 1 aliphatic rings. The Morgan fingerprint density at radius 1 is 1.35 bits per heavy atom. The maximum Gasteiger partial charge on any atom is 0.238 e. The monoisotopic (exact) mass is 282 g/mol. The molecule has 3 nitrogen and oxygen atoms in total. The molecule has 1 saturated heterocycles. The normalized spacial score (nSPS) is 19.9. The van der Waals surface area contributed by atoms with Gasteiger partial charge in [0, 0.05) is 17.8 Å². The first kappa shape index (κ1) is 14.9. The van der Waals surface area contributed by atoms with Crippen molar-refractivity contribution < 1.29 is 13.6 Å². The lowest BCUT2D eigenvalue weighted by molar-refractivity contribution is -0.118. The van der Waals surface area contributed by atoms with Crippen LogP contribution in [0.15, 0.2) is 18.2 Å². The summed E-state index contributed by atoms with van der Waals surface area (Å²) < 4.78 is 25.9. The van der Waals surface area contributed by atoms with Crippen LogP contribution in [0.2, 0.25) is 0 Å². The molecule has 1 N–H and O–H groups in total. The van der Waals surface area contributed by atoms with Crippen molar-refractivity contribution in [2.24, 2.45) is 0 Å². The van der Waals surface area contributed by atoms with Gasteiger partial charge in [0.2, 0.25) is 5.91 Å². The van der Waals surface area contributed by atoms with Crippen LogP contribution in [-0.2, 0) is 4.79 Å².